The van der Waals surface area contributed by atoms with Crippen LogP contribution in [0.3, 0.4) is 0 Å². The van der Waals surface area contributed by atoms with Gasteiger partial charge in [-0.1, -0.05) is 47.2 Å². The second kappa shape index (κ2) is 9.04. The van der Waals surface area contributed by atoms with E-state index < -0.39 is 9.84 Å². The van der Waals surface area contributed by atoms with E-state index in [1.54, 1.807) is 31.4 Å². The van der Waals surface area contributed by atoms with Gasteiger partial charge in [-0.3, -0.25) is 0 Å². The Kier molecular flexibility index (Phi) is 5.68. The third kappa shape index (κ3) is 3.93. The zero-order valence-electron chi connectivity index (χ0n) is 20.6. The molecule has 1 aliphatic heterocycles. The number of aromatic nitrogens is 4. The van der Waals surface area contributed by atoms with Gasteiger partial charge in [0, 0.05) is 31.6 Å². The molecule has 3 aromatic carbocycles. The smallest absolute Gasteiger partial charge is 0.229 e. The predicted octanol–water partition coefficient (Wildman–Crippen LogP) is 3.75. The zero-order valence-corrected chi connectivity index (χ0v) is 21.4. The normalized spacial score (nSPS) is 14.4. The molecule has 0 unspecified atom stereocenters. The van der Waals surface area contributed by atoms with Crippen molar-refractivity contribution < 1.29 is 13.2 Å². The number of rotatable bonds is 5. The van der Waals surface area contributed by atoms with Crippen molar-refractivity contribution in [2.24, 2.45) is 0 Å². The average Bonchev–Trinajstić information content (AvgIpc) is 3.38. The number of methoxy groups -OCH3 is 1. The van der Waals surface area contributed by atoms with Crippen molar-refractivity contribution in [1.29, 1.82) is 0 Å². The minimum Gasteiger partial charge on any atom is -0.495 e. The molecule has 0 aliphatic carbocycles. The number of fused-ring (bicyclic) bond motifs is 3. The third-order valence-electron chi connectivity index (χ3n) is 6.79. The van der Waals surface area contributed by atoms with Crippen LogP contribution in [0.1, 0.15) is 5.56 Å². The summed E-state index contributed by atoms with van der Waals surface area (Å²) in [6.07, 6.45) is 0. The number of nitrogens with zero attached hydrogens (tertiary/aromatic N) is 6. The third-order valence-corrected chi connectivity index (χ3v) is 8.46. The minimum absolute atomic E-state index is 0.143. The quantitative estimate of drug-likeness (QED) is 0.350. The molecule has 0 spiro atoms. The number of hydrogen-bond donors (Lipinski definition) is 0. The molecule has 9 nitrogen and oxygen atoms in total. The molecule has 1 saturated heterocycles. The van der Waals surface area contributed by atoms with Crippen LogP contribution < -0.4 is 14.5 Å². The molecule has 2 aromatic heterocycles. The van der Waals surface area contributed by atoms with Crippen molar-refractivity contribution in [3.8, 4) is 5.75 Å². The molecule has 37 heavy (non-hydrogen) atoms. The van der Waals surface area contributed by atoms with Crippen LogP contribution >= 0.6 is 0 Å². The summed E-state index contributed by atoms with van der Waals surface area (Å²) in [5, 5.41) is 9.04. The summed E-state index contributed by atoms with van der Waals surface area (Å²) >= 11 is 0. The molecule has 10 heteroatoms. The molecule has 188 valence electrons. The van der Waals surface area contributed by atoms with Gasteiger partial charge in [0.1, 0.15) is 11.6 Å². The molecular formula is C27H26N6O3S. The maximum Gasteiger partial charge on any atom is 0.229 e. The lowest BCUT2D eigenvalue weighted by molar-refractivity contribution is 0.413. The van der Waals surface area contributed by atoms with Gasteiger partial charge in [-0.15, -0.1) is 5.10 Å². The van der Waals surface area contributed by atoms with Crippen LogP contribution in [-0.2, 0) is 9.84 Å². The predicted molar refractivity (Wildman–Crippen MR) is 142 cm³/mol. The van der Waals surface area contributed by atoms with Crippen LogP contribution in [0.15, 0.2) is 82.7 Å². The number of para-hydroxylation sites is 3. The molecule has 1 fully saturated rings. The fourth-order valence-corrected chi connectivity index (χ4v) is 6.06. The van der Waals surface area contributed by atoms with Crippen LogP contribution in [0.5, 0.6) is 5.75 Å². The average molecular weight is 515 g/mol. The van der Waals surface area contributed by atoms with Gasteiger partial charge in [-0.25, -0.2) is 13.4 Å². The molecule has 0 bridgehead atoms. The standard InChI is InChI=1S/C27H26N6O3S/c1-19-11-13-20(14-12-19)37(34,35)27-26-28-25(21-7-3-4-8-22(21)33(26)30-29-27)32-17-15-31(16-18-32)23-9-5-6-10-24(23)36-2/h3-14H,15-18H2,1-2H3. The first-order valence-electron chi connectivity index (χ1n) is 12.1. The van der Waals surface area contributed by atoms with Crippen LogP contribution in [0.4, 0.5) is 11.5 Å². The van der Waals surface area contributed by atoms with Crippen molar-refractivity contribution in [2.75, 3.05) is 43.1 Å². The van der Waals surface area contributed by atoms with Crippen LogP contribution in [0, 0.1) is 6.92 Å². The molecule has 1 aliphatic rings. The van der Waals surface area contributed by atoms with Gasteiger partial charge in [-0.05, 0) is 43.3 Å². The number of sulfone groups is 1. The van der Waals surface area contributed by atoms with E-state index in [9.17, 15) is 8.42 Å². The van der Waals surface area contributed by atoms with Crippen molar-refractivity contribution in [3.63, 3.8) is 0 Å². The molecule has 0 atom stereocenters. The number of aryl methyl sites for hydroxylation is 1. The monoisotopic (exact) mass is 514 g/mol. The lowest BCUT2D eigenvalue weighted by Gasteiger charge is -2.37. The number of benzene rings is 3. The molecule has 0 N–H and O–H groups in total. The fourth-order valence-electron chi connectivity index (χ4n) is 4.82. The van der Waals surface area contributed by atoms with Crippen molar-refractivity contribution >= 4 is 37.9 Å². The second-order valence-corrected chi connectivity index (χ2v) is 10.9. The first-order chi connectivity index (χ1) is 18.0. The molecule has 5 aromatic rings. The largest absolute Gasteiger partial charge is 0.495 e. The summed E-state index contributed by atoms with van der Waals surface area (Å²) in [5.74, 6) is 1.57. The van der Waals surface area contributed by atoms with Gasteiger partial charge in [0.05, 0.1) is 23.2 Å². The van der Waals surface area contributed by atoms with Gasteiger partial charge in [0.15, 0.2) is 5.65 Å². The summed E-state index contributed by atoms with van der Waals surface area (Å²) in [6, 6.07) is 22.5. The Morgan fingerprint density at radius 1 is 0.838 bits per heavy atom. The van der Waals surface area contributed by atoms with Crippen LogP contribution in [-0.4, -0.2) is 61.5 Å². The topological polar surface area (TPSA) is 92.9 Å². The SMILES string of the molecule is COc1ccccc1N1CCN(c2nc3c(S(=O)(=O)c4ccc(C)cc4)nnn3c3ccccc23)CC1. The van der Waals surface area contributed by atoms with Gasteiger partial charge < -0.3 is 14.5 Å². The van der Waals surface area contributed by atoms with E-state index >= 15 is 0 Å². The summed E-state index contributed by atoms with van der Waals surface area (Å²) in [7, 11) is -2.22. The van der Waals surface area contributed by atoms with Crippen molar-refractivity contribution in [2.45, 2.75) is 16.8 Å². The zero-order chi connectivity index (χ0) is 25.6. The van der Waals surface area contributed by atoms with E-state index in [-0.39, 0.29) is 15.6 Å². The summed E-state index contributed by atoms with van der Waals surface area (Å²) in [6.45, 7) is 4.89. The molecule has 0 saturated carbocycles. The molecule has 6 rings (SSSR count). The van der Waals surface area contributed by atoms with Gasteiger partial charge in [-0.2, -0.15) is 4.52 Å². The highest BCUT2D eigenvalue weighted by atomic mass is 32.2. The van der Waals surface area contributed by atoms with E-state index in [1.807, 2.05) is 49.4 Å². The Hall–Kier alpha value is -4.18. The van der Waals surface area contributed by atoms with E-state index in [1.165, 1.54) is 4.52 Å². The summed E-state index contributed by atoms with van der Waals surface area (Å²) in [5.41, 5.74) is 3.02. The maximum atomic E-state index is 13.5. The van der Waals surface area contributed by atoms with Gasteiger partial charge >= 0.3 is 0 Å². The highest BCUT2D eigenvalue weighted by molar-refractivity contribution is 7.91. The molecule has 3 heterocycles. The van der Waals surface area contributed by atoms with E-state index in [0.29, 0.717) is 13.1 Å². The Bertz CT molecular complexity index is 1710. The maximum absolute atomic E-state index is 13.5. The number of piperazine rings is 1. The van der Waals surface area contributed by atoms with Crippen LogP contribution in [0.25, 0.3) is 16.6 Å². The van der Waals surface area contributed by atoms with Crippen molar-refractivity contribution in [3.05, 3.63) is 78.4 Å². The van der Waals surface area contributed by atoms with Crippen molar-refractivity contribution in [1.82, 2.24) is 19.8 Å². The lowest BCUT2D eigenvalue weighted by Crippen LogP contribution is -2.47. The molecular weight excluding hydrogens is 488 g/mol. The lowest BCUT2D eigenvalue weighted by atomic mass is 10.2. The van der Waals surface area contributed by atoms with Gasteiger partial charge in [0.25, 0.3) is 0 Å². The molecule has 0 radical (unpaired) electrons. The fraction of sp³-hybridized carbons (Fsp3) is 0.222. The highest BCUT2D eigenvalue weighted by Gasteiger charge is 2.29. The van der Waals surface area contributed by atoms with E-state index in [4.69, 9.17) is 9.72 Å². The van der Waals surface area contributed by atoms with E-state index in [2.05, 4.69) is 26.2 Å². The van der Waals surface area contributed by atoms with Gasteiger partial charge in [0.2, 0.25) is 14.9 Å². The Morgan fingerprint density at radius 2 is 1.51 bits per heavy atom. The molecule has 0 amide bonds. The second-order valence-electron chi connectivity index (χ2n) is 9.04. The summed E-state index contributed by atoms with van der Waals surface area (Å²) < 4.78 is 34.1. The van der Waals surface area contributed by atoms with E-state index in [0.717, 1.165) is 46.8 Å². The number of anilines is 2. The first kappa shape index (κ1) is 23.2. The number of ether oxygens (including phenoxy) is 1. The first-order valence-corrected chi connectivity index (χ1v) is 13.5. The van der Waals surface area contributed by atoms with Crippen LogP contribution in [0.2, 0.25) is 0 Å². The minimum atomic E-state index is -3.91. The Morgan fingerprint density at radius 3 is 2.27 bits per heavy atom. The number of hydrogen-bond acceptors (Lipinski definition) is 8. The Balaban J connectivity index is 1.41. The summed E-state index contributed by atoms with van der Waals surface area (Å²) in [4.78, 5) is 9.53. The Labute approximate surface area is 214 Å². The highest BCUT2D eigenvalue weighted by Crippen LogP contribution is 2.32.